The fourth-order valence-corrected chi connectivity index (χ4v) is 3.31. The second-order valence-electron chi connectivity index (χ2n) is 5.85. The minimum Gasteiger partial charge on any atom is -0.352 e. The summed E-state index contributed by atoms with van der Waals surface area (Å²) in [5.74, 6) is 0.394. The maximum absolute atomic E-state index is 12.3. The van der Waals surface area contributed by atoms with Crippen LogP contribution in [0, 0.1) is 5.92 Å². The van der Waals surface area contributed by atoms with Crippen molar-refractivity contribution < 1.29 is 8.42 Å². The summed E-state index contributed by atoms with van der Waals surface area (Å²) in [4.78, 5) is 0.344. The number of sulfonamides is 1. The molecule has 2 N–H and O–H groups in total. The van der Waals surface area contributed by atoms with Gasteiger partial charge in [-0.15, -0.1) is 0 Å². The Hall–Kier alpha value is -0.850. The topological polar surface area (TPSA) is 63.1 Å². The van der Waals surface area contributed by atoms with Gasteiger partial charge in [0.1, 0.15) is 0 Å². The summed E-state index contributed by atoms with van der Waals surface area (Å²) in [6.45, 7) is 9.47. The van der Waals surface area contributed by atoms with Crippen molar-refractivity contribution in [1.29, 1.82) is 0 Å². The van der Waals surface area contributed by atoms with Crippen molar-refractivity contribution in [2.24, 2.45) is 13.0 Å². The zero-order valence-corrected chi connectivity index (χ0v) is 14.6. The highest BCUT2D eigenvalue weighted by Crippen LogP contribution is 2.15. The largest absolute Gasteiger partial charge is 0.352 e. The van der Waals surface area contributed by atoms with Crippen LogP contribution in [0.5, 0.6) is 0 Å². The number of rotatable bonds is 9. The average molecular weight is 315 g/mol. The van der Waals surface area contributed by atoms with Crippen molar-refractivity contribution in [3.8, 4) is 0 Å². The summed E-state index contributed by atoms with van der Waals surface area (Å²) in [6.07, 6.45) is 3.64. The Labute approximate surface area is 129 Å². The SMILES string of the molecule is CCC(CC)CNS(=O)(=O)c1cc(CNC(C)C)n(C)c1. The van der Waals surface area contributed by atoms with E-state index in [2.05, 4.69) is 37.7 Å². The first kappa shape index (κ1) is 18.2. The van der Waals surface area contributed by atoms with E-state index in [1.165, 1.54) is 0 Å². The molecule has 21 heavy (non-hydrogen) atoms. The number of nitrogens with one attached hydrogen (secondary N) is 2. The van der Waals surface area contributed by atoms with E-state index < -0.39 is 10.0 Å². The molecule has 1 heterocycles. The van der Waals surface area contributed by atoms with Crippen molar-refractivity contribution >= 4 is 10.0 Å². The van der Waals surface area contributed by atoms with E-state index in [9.17, 15) is 8.42 Å². The Morgan fingerprint density at radius 2 is 1.86 bits per heavy atom. The van der Waals surface area contributed by atoms with Crippen LogP contribution in [0.2, 0.25) is 0 Å². The molecule has 0 aliphatic rings. The van der Waals surface area contributed by atoms with E-state index >= 15 is 0 Å². The van der Waals surface area contributed by atoms with Crippen LogP contribution in [0.3, 0.4) is 0 Å². The first-order valence-electron chi connectivity index (χ1n) is 7.68. The highest BCUT2D eigenvalue weighted by Gasteiger charge is 2.18. The predicted octanol–water partition coefficient (Wildman–Crippen LogP) is 2.24. The normalized spacial score (nSPS) is 12.5. The standard InChI is InChI=1S/C15H29N3O2S/c1-6-13(7-2)9-17-21(19,20)15-8-14(18(5)11-15)10-16-12(3)4/h8,11-13,16-17H,6-7,9-10H2,1-5H3. The molecular weight excluding hydrogens is 286 g/mol. The molecule has 0 spiro atoms. The van der Waals surface area contributed by atoms with Gasteiger partial charge in [0.25, 0.3) is 0 Å². The molecule has 1 aromatic heterocycles. The molecule has 0 saturated heterocycles. The maximum Gasteiger partial charge on any atom is 0.242 e. The van der Waals surface area contributed by atoms with Crippen LogP contribution in [0.25, 0.3) is 0 Å². The monoisotopic (exact) mass is 315 g/mol. The molecule has 6 heteroatoms. The molecule has 0 unspecified atom stereocenters. The quantitative estimate of drug-likeness (QED) is 0.734. The first-order chi connectivity index (χ1) is 9.80. The fraction of sp³-hybridized carbons (Fsp3) is 0.733. The summed E-state index contributed by atoms with van der Waals surface area (Å²) in [5, 5.41) is 3.30. The van der Waals surface area contributed by atoms with E-state index in [1.807, 2.05) is 11.6 Å². The molecule has 0 aliphatic heterocycles. The van der Waals surface area contributed by atoms with Crippen LogP contribution in [0.4, 0.5) is 0 Å². The second-order valence-corrected chi connectivity index (χ2v) is 7.62. The van der Waals surface area contributed by atoms with E-state index in [-0.39, 0.29) is 0 Å². The van der Waals surface area contributed by atoms with Gasteiger partial charge in [0, 0.05) is 38.1 Å². The van der Waals surface area contributed by atoms with Crippen LogP contribution < -0.4 is 10.0 Å². The van der Waals surface area contributed by atoms with Crippen LogP contribution in [0.15, 0.2) is 17.2 Å². The number of hydrogen-bond donors (Lipinski definition) is 2. The summed E-state index contributed by atoms with van der Waals surface area (Å²) in [6, 6.07) is 2.11. The molecule has 0 fully saturated rings. The van der Waals surface area contributed by atoms with Gasteiger partial charge < -0.3 is 9.88 Å². The Bertz CT molecular complexity index is 531. The third-order valence-electron chi connectivity index (χ3n) is 3.80. The first-order valence-corrected chi connectivity index (χ1v) is 9.16. The van der Waals surface area contributed by atoms with Crippen LogP contribution in [-0.2, 0) is 23.6 Å². The van der Waals surface area contributed by atoms with Gasteiger partial charge >= 0.3 is 0 Å². The number of aryl methyl sites for hydroxylation is 1. The molecule has 0 bridgehead atoms. The molecule has 5 nitrogen and oxygen atoms in total. The van der Waals surface area contributed by atoms with Crippen LogP contribution in [-0.4, -0.2) is 25.6 Å². The molecule has 0 saturated carbocycles. The lowest BCUT2D eigenvalue weighted by Gasteiger charge is -2.12. The highest BCUT2D eigenvalue weighted by molar-refractivity contribution is 7.89. The zero-order valence-electron chi connectivity index (χ0n) is 13.8. The van der Waals surface area contributed by atoms with Crippen molar-refractivity contribution in [3.05, 3.63) is 18.0 Å². The smallest absolute Gasteiger partial charge is 0.242 e. The van der Waals surface area contributed by atoms with Gasteiger partial charge in [0.05, 0.1) is 4.90 Å². The molecule has 122 valence electrons. The molecule has 0 radical (unpaired) electrons. The van der Waals surface area contributed by atoms with Crippen LogP contribution >= 0.6 is 0 Å². The highest BCUT2D eigenvalue weighted by atomic mass is 32.2. The van der Waals surface area contributed by atoms with Crippen molar-refractivity contribution in [3.63, 3.8) is 0 Å². The van der Waals surface area contributed by atoms with Gasteiger partial charge in [0.15, 0.2) is 0 Å². The van der Waals surface area contributed by atoms with Gasteiger partial charge in [-0.3, -0.25) is 0 Å². The molecule has 0 amide bonds. The lowest BCUT2D eigenvalue weighted by atomic mass is 10.0. The summed E-state index contributed by atoms with van der Waals surface area (Å²) < 4.78 is 29.2. The van der Waals surface area contributed by atoms with Gasteiger partial charge in [-0.05, 0) is 12.0 Å². The van der Waals surface area contributed by atoms with E-state index in [0.717, 1.165) is 18.5 Å². The van der Waals surface area contributed by atoms with Gasteiger partial charge in [0.2, 0.25) is 10.0 Å². The third kappa shape index (κ3) is 5.45. The van der Waals surface area contributed by atoms with Crippen molar-refractivity contribution in [1.82, 2.24) is 14.6 Å². The van der Waals surface area contributed by atoms with Crippen molar-refractivity contribution in [2.75, 3.05) is 6.54 Å². The Morgan fingerprint density at radius 3 is 2.38 bits per heavy atom. The van der Waals surface area contributed by atoms with Crippen molar-refractivity contribution in [2.45, 2.75) is 58.0 Å². The summed E-state index contributed by atoms with van der Waals surface area (Å²) in [5.41, 5.74) is 0.964. The molecule has 0 aromatic carbocycles. The maximum atomic E-state index is 12.3. The van der Waals surface area contributed by atoms with Gasteiger partial charge in [-0.2, -0.15) is 0 Å². The number of nitrogens with zero attached hydrogens (tertiary/aromatic N) is 1. The van der Waals surface area contributed by atoms with E-state index in [4.69, 9.17) is 0 Å². The molecular formula is C15H29N3O2S. The fourth-order valence-electron chi connectivity index (χ4n) is 2.10. The van der Waals surface area contributed by atoms with E-state index in [0.29, 0.717) is 29.9 Å². The van der Waals surface area contributed by atoms with E-state index in [1.54, 1.807) is 12.3 Å². The number of aromatic nitrogens is 1. The van der Waals surface area contributed by atoms with Gasteiger partial charge in [-0.25, -0.2) is 13.1 Å². The molecule has 1 aromatic rings. The lowest BCUT2D eigenvalue weighted by Crippen LogP contribution is -2.28. The Morgan fingerprint density at radius 1 is 1.24 bits per heavy atom. The number of hydrogen-bond acceptors (Lipinski definition) is 3. The summed E-state index contributed by atoms with van der Waals surface area (Å²) in [7, 11) is -1.54. The molecule has 1 rings (SSSR count). The predicted molar refractivity (Wildman–Crippen MR) is 86.6 cm³/mol. The summed E-state index contributed by atoms with van der Waals surface area (Å²) >= 11 is 0. The molecule has 0 atom stereocenters. The minimum atomic E-state index is -3.41. The van der Waals surface area contributed by atoms with Gasteiger partial charge in [-0.1, -0.05) is 40.5 Å². The lowest BCUT2D eigenvalue weighted by molar-refractivity contribution is 0.479. The van der Waals surface area contributed by atoms with Crippen LogP contribution in [0.1, 0.15) is 46.2 Å². The average Bonchev–Trinajstić information content (AvgIpc) is 2.79. The third-order valence-corrected chi connectivity index (χ3v) is 5.19. The second kappa shape index (κ2) is 7.96. The Balaban J connectivity index is 2.77. The zero-order chi connectivity index (χ0) is 16.0. The molecule has 0 aliphatic carbocycles. The Kier molecular flexibility index (Phi) is 6.90. The minimum absolute atomic E-state index is 0.344.